The molecule has 3 aromatic rings. The van der Waals surface area contributed by atoms with E-state index < -0.39 is 0 Å². The fourth-order valence-corrected chi connectivity index (χ4v) is 3.32. The summed E-state index contributed by atoms with van der Waals surface area (Å²) in [6.07, 6.45) is 2.65. The quantitative estimate of drug-likeness (QED) is 0.768. The maximum Gasteiger partial charge on any atom is 0.239 e. The summed E-state index contributed by atoms with van der Waals surface area (Å²) in [5.41, 5.74) is 7.91. The van der Waals surface area contributed by atoms with Crippen molar-refractivity contribution in [2.75, 3.05) is 23.7 Å². The van der Waals surface area contributed by atoms with Crippen LogP contribution in [0.3, 0.4) is 0 Å². The molecule has 1 saturated heterocycles. The molecule has 1 aromatic carbocycles. The molecule has 0 amide bonds. The van der Waals surface area contributed by atoms with Gasteiger partial charge >= 0.3 is 0 Å². The van der Waals surface area contributed by atoms with Gasteiger partial charge in [0.2, 0.25) is 5.95 Å². The Balaban J connectivity index is 1.68. The largest absolute Gasteiger partial charge is 0.367 e. The molecule has 2 aromatic heterocycles. The highest BCUT2D eigenvalue weighted by atomic mass is 15.3. The second kappa shape index (κ2) is 5.74. The third kappa shape index (κ3) is 2.55. The van der Waals surface area contributed by atoms with Gasteiger partial charge < -0.3 is 10.6 Å². The van der Waals surface area contributed by atoms with Crippen molar-refractivity contribution in [1.29, 1.82) is 0 Å². The van der Waals surface area contributed by atoms with Crippen molar-refractivity contribution in [3.63, 3.8) is 0 Å². The maximum absolute atomic E-state index is 5.62. The summed E-state index contributed by atoms with van der Waals surface area (Å²) in [5, 5.41) is 7.98. The topological polar surface area (TPSA) is 96.6 Å². The van der Waals surface area contributed by atoms with E-state index in [-0.39, 0.29) is 0 Å². The Bertz CT molecular complexity index is 870. The molecular formula is C17H21N7. The van der Waals surface area contributed by atoms with E-state index in [2.05, 4.69) is 62.1 Å². The van der Waals surface area contributed by atoms with Crippen molar-refractivity contribution in [1.82, 2.24) is 25.1 Å². The van der Waals surface area contributed by atoms with E-state index in [0.717, 1.165) is 42.1 Å². The molecule has 0 aliphatic carbocycles. The van der Waals surface area contributed by atoms with Gasteiger partial charge in [0.05, 0.1) is 5.52 Å². The molecule has 0 saturated carbocycles. The van der Waals surface area contributed by atoms with Gasteiger partial charge in [-0.15, -0.1) is 5.10 Å². The third-order valence-electron chi connectivity index (χ3n) is 4.70. The molecule has 1 fully saturated rings. The van der Waals surface area contributed by atoms with Crippen molar-refractivity contribution in [2.45, 2.75) is 32.1 Å². The Hall–Kier alpha value is -2.70. The number of nitrogen functional groups attached to an aromatic ring is 1. The summed E-state index contributed by atoms with van der Waals surface area (Å²) in [4.78, 5) is 15.6. The van der Waals surface area contributed by atoms with Crippen LogP contribution in [0.15, 0.2) is 24.5 Å². The number of aromatic nitrogens is 5. The van der Waals surface area contributed by atoms with Crippen LogP contribution in [0.25, 0.3) is 10.9 Å². The minimum absolute atomic E-state index is 0.299. The molecule has 1 unspecified atom stereocenters. The third-order valence-corrected chi connectivity index (χ3v) is 4.70. The first kappa shape index (κ1) is 14.9. The van der Waals surface area contributed by atoms with Crippen molar-refractivity contribution < 1.29 is 0 Å². The Kier molecular flexibility index (Phi) is 3.55. The predicted octanol–water partition coefficient (Wildman–Crippen LogP) is 2.45. The lowest BCUT2D eigenvalue weighted by atomic mass is 10.0. The molecule has 124 valence electrons. The van der Waals surface area contributed by atoms with E-state index in [9.17, 15) is 0 Å². The second-order valence-corrected chi connectivity index (χ2v) is 6.64. The lowest BCUT2D eigenvalue weighted by Crippen LogP contribution is -2.21. The minimum atomic E-state index is 0.299. The lowest BCUT2D eigenvalue weighted by molar-refractivity contribution is 0.714. The average Bonchev–Trinajstić information content (AvgIpc) is 3.22. The molecule has 7 nitrogen and oxygen atoms in total. The monoisotopic (exact) mass is 323 g/mol. The summed E-state index contributed by atoms with van der Waals surface area (Å²) < 4.78 is 0. The standard InChI is InChI=1S/C17H21N7/c1-10(2)11-3-4-14-13(7-11)16(20-9-19-14)24-6-5-12(8-24)15-21-17(18)23-22-15/h3-4,7,9-10,12H,5-6,8H2,1-2H3,(H3,18,21,22,23). The summed E-state index contributed by atoms with van der Waals surface area (Å²) >= 11 is 0. The van der Waals surface area contributed by atoms with Crippen LogP contribution in [0.1, 0.15) is 43.5 Å². The first-order valence-electron chi connectivity index (χ1n) is 8.29. The minimum Gasteiger partial charge on any atom is -0.367 e. The number of hydrogen-bond acceptors (Lipinski definition) is 6. The van der Waals surface area contributed by atoms with Crippen LogP contribution in [0, 0.1) is 0 Å². The zero-order valence-electron chi connectivity index (χ0n) is 13.9. The average molecular weight is 323 g/mol. The van der Waals surface area contributed by atoms with E-state index in [0.29, 0.717) is 17.8 Å². The number of rotatable bonds is 3. The molecule has 1 aliphatic rings. The van der Waals surface area contributed by atoms with Crippen molar-refractivity contribution >= 4 is 22.7 Å². The van der Waals surface area contributed by atoms with E-state index in [1.807, 2.05) is 0 Å². The van der Waals surface area contributed by atoms with Crippen LogP contribution in [0.4, 0.5) is 11.8 Å². The maximum atomic E-state index is 5.62. The van der Waals surface area contributed by atoms with E-state index in [1.54, 1.807) is 6.33 Å². The molecule has 3 heterocycles. The van der Waals surface area contributed by atoms with E-state index in [1.165, 1.54) is 5.56 Å². The van der Waals surface area contributed by atoms with Crippen molar-refractivity contribution in [2.24, 2.45) is 0 Å². The van der Waals surface area contributed by atoms with Gasteiger partial charge in [-0.2, -0.15) is 4.98 Å². The Labute approximate surface area is 140 Å². The Morgan fingerprint density at radius 3 is 2.92 bits per heavy atom. The molecule has 3 N–H and O–H groups in total. The number of anilines is 2. The molecule has 1 atom stereocenters. The zero-order valence-corrected chi connectivity index (χ0v) is 13.9. The highest BCUT2D eigenvalue weighted by molar-refractivity contribution is 5.90. The van der Waals surface area contributed by atoms with Gasteiger partial charge in [0.25, 0.3) is 0 Å². The Morgan fingerprint density at radius 1 is 1.29 bits per heavy atom. The van der Waals surface area contributed by atoms with Gasteiger partial charge in [-0.25, -0.2) is 9.97 Å². The van der Waals surface area contributed by atoms with Crippen LogP contribution in [-0.2, 0) is 0 Å². The molecule has 1 aliphatic heterocycles. The fourth-order valence-electron chi connectivity index (χ4n) is 3.32. The number of hydrogen-bond donors (Lipinski definition) is 2. The SMILES string of the molecule is CC(C)c1ccc2ncnc(N3CCC(c4nc(N)n[nH]4)C3)c2c1. The van der Waals surface area contributed by atoms with Crippen LogP contribution >= 0.6 is 0 Å². The fraction of sp³-hybridized carbons (Fsp3) is 0.412. The highest BCUT2D eigenvalue weighted by Crippen LogP contribution is 2.32. The number of benzene rings is 1. The number of aromatic amines is 1. The van der Waals surface area contributed by atoms with Gasteiger partial charge in [-0.3, -0.25) is 5.10 Å². The molecule has 0 radical (unpaired) electrons. The molecule has 24 heavy (non-hydrogen) atoms. The van der Waals surface area contributed by atoms with Crippen LogP contribution in [0.2, 0.25) is 0 Å². The summed E-state index contributed by atoms with van der Waals surface area (Å²) in [5.74, 6) is 2.94. The predicted molar refractivity (Wildman–Crippen MR) is 94.0 cm³/mol. The van der Waals surface area contributed by atoms with Crippen LogP contribution in [0.5, 0.6) is 0 Å². The Morgan fingerprint density at radius 2 is 2.17 bits per heavy atom. The lowest BCUT2D eigenvalue weighted by Gasteiger charge is -2.19. The second-order valence-electron chi connectivity index (χ2n) is 6.64. The van der Waals surface area contributed by atoms with Gasteiger partial charge in [0, 0.05) is 24.4 Å². The summed E-state index contributed by atoms with van der Waals surface area (Å²) in [6, 6.07) is 6.45. The van der Waals surface area contributed by atoms with Gasteiger partial charge in [-0.1, -0.05) is 19.9 Å². The highest BCUT2D eigenvalue weighted by Gasteiger charge is 2.28. The smallest absolute Gasteiger partial charge is 0.239 e. The van der Waals surface area contributed by atoms with Gasteiger partial charge in [0.15, 0.2) is 0 Å². The number of nitrogens with zero attached hydrogens (tertiary/aromatic N) is 5. The molecule has 7 heteroatoms. The molecule has 4 rings (SSSR count). The van der Waals surface area contributed by atoms with Crippen molar-refractivity contribution in [3.05, 3.63) is 35.9 Å². The molecule has 0 spiro atoms. The zero-order chi connectivity index (χ0) is 16.7. The number of nitrogens with one attached hydrogen (secondary N) is 1. The number of H-pyrrole nitrogens is 1. The number of nitrogens with two attached hydrogens (primary N) is 1. The molecule has 0 bridgehead atoms. The van der Waals surface area contributed by atoms with Crippen LogP contribution in [-0.4, -0.2) is 38.2 Å². The molecular weight excluding hydrogens is 302 g/mol. The van der Waals surface area contributed by atoms with Gasteiger partial charge in [-0.05, 0) is 30.0 Å². The van der Waals surface area contributed by atoms with Crippen LogP contribution < -0.4 is 10.6 Å². The van der Waals surface area contributed by atoms with E-state index in [4.69, 9.17) is 5.73 Å². The van der Waals surface area contributed by atoms with E-state index >= 15 is 0 Å². The first-order chi connectivity index (χ1) is 11.6. The summed E-state index contributed by atoms with van der Waals surface area (Å²) in [6.45, 7) is 6.19. The first-order valence-corrected chi connectivity index (χ1v) is 8.29. The number of fused-ring (bicyclic) bond motifs is 1. The normalized spacial score (nSPS) is 18.0. The summed E-state index contributed by atoms with van der Waals surface area (Å²) in [7, 11) is 0. The van der Waals surface area contributed by atoms with Crippen molar-refractivity contribution in [3.8, 4) is 0 Å². The van der Waals surface area contributed by atoms with Gasteiger partial charge in [0.1, 0.15) is 18.0 Å².